The van der Waals surface area contributed by atoms with E-state index in [4.69, 9.17) is 9.84 Å². The number of aromatic amines is 1. The van der Waals surface area contributed by atoms with Crippen LogP contribution in [0.5, 0.6) is 0 Å². The van der Waals surface area contributed by atoms with Gasteiger partial charge in [-0.3, -0.25) is 19.1 Å². The van der Waals surface area contributed by atoms with Gasteiger partial charge in [-0.15, -0.1) is 0 Å². The molecule has 1 amide bonds. The van der Waals surface area contributed by atoms with E-state index >= 15 is 0 Å². The molecule has 1 aromatic rings. The van der Waals surface area contributed by atoms with Crippen molar-refractivity contribution >= 4 is 5.91 Å². The van der Waals surface area contributed by atoms with Crippen LogP contribution in [0.15, 0.2) is 21.9 Å². The normalized spacial score (nSPS) is 10.4. The molecule has 0 aromatic carbocycles. The van der Waals surface area contributed by atoms with Crippen molar-refractivity contribution in [3.05, 3.63) is 33.1 Å². The van der Waals surface area contributed by atoms with E-state index in [9.17, 15) is 14.4 Å². The lowest BCUT2D eigenvalue weighted by molar-refractivity contribution is -0.121. The van der Waals surface area contributed by atoms with Gasteiger partial charge in [0, 0.05) is 25.4 Å². The highest BCUT2D eigenvalue weighted by Crippen LogP contribution is 1.82. The second-order valence-electron chi connectivity index (χ2n) is 3.78. The Morgan fingerprint density at radius 2 is 2.21 bits per heavy atom. The standard InChI is InChI=1S/C11H17N3O5/c15-5-7-19-6-1-3-12-10(17)8-14-4-2-9(16)13-11(14)18/h2,4,15H,1,3,5-8H2,(H,12,17)(H,13,16,18). The predicted molar refractivity (Wildman–Crippen MR) is 66.9 cm³/mol. The third-order valence-electron chi connectivity index (χ3n) is 2.23. The van der Waals surface area contributed by atoms with E-state index in [1.54, 1.807) is 0 Å². The molecule has 1 rings (SSSR count). The molecule has 0 radical (unpaired) electrons. The van der Waals surface area contributed by atoms with Gasteiger partial charge < -0.3 is 15.2 Å². The van der Waals surface area contributed by atoms with Crippen LogP contribution in [0.1, 0.15) is 6.42 Å². The molecule has 0 atom stereocenters. The zero-order chi connectivity index (χ0) is 14.1. The molecule has 0 saturated carbocycles. The zero-order valence-electron chi connectivity index (χ0n) is 10.4. The lowest BCUT2D eigenvalue weighted by Crippen LogP contribution is -2.35. The maximum Gasteiger partial charge on any atom is 0.328 e. The SMILES string of the molecule is O=C(Cn1ccc(=O)[nH]c1=O)NCCCOCCO. The number of nitrogens with zero attached hydrogens (tertiary/aromatic N) is 1. The van der Waals surface area contributed by atoms with E-state index < -0.39 is 11.2 Å². The fraction of sp³-hybridized carbons (Fsp3) is 0.545. The van der Waals surface area contributed by atoms with Crippen molar-refractivity contribution in [2.24, 2.45) is 0 Å². The summed E-state index contributed by atoms with van der Waals surface area (Å²) in [5.41, 5.74) is -1.11. The third-order valence-corrected chi connectivity index (χ3v) is 2.23. The fourth-order valence-corrected chi connectivity index (χ4v) is 1.35. The number of amides is 1. The minimum Gasteiger partial charge on any atom is -0.394 e. The lowest BCUT2D eigenvalue weighted by Gasteiger charge is -2.06. The van der Waals surface area contributed by atoms with Crippen LogP contribution < -0.4 is 16.6 Å². The maximum atomic E-state index is 11.5. The topological polar surface area (TPSA) is 113 Å². The van der Waals surface area contributed by atoms with Crippen molar-refractivity contribution in [2.75, 3.05) is 26.4 Å². The number of ether oxygens (including phenoxy) is 1. The number of hydrogen-bond acceptors (Lipinski definition) is 5. The number of nitrogens with one attached hydrogen (secondary N) is 2. The van der Waals surface area contributed by atoms with E-state index in [1.165, 1.54) is 12.3 Å². The summed E-state index contributed by atoms with van der Waals surface area (Å²) in [5.74, 6) is -0.323. The van der Waals surface area contributed by atoms with Crippen molar-refractivity contribution in [3.8, 4) is 0 Å². The maximum absolute atomic E-state index is 11.5. The van der Waals surface area contributed by atoms with Gasteiger partial charge in [0.05, 0.1) is 13.2 Å². The van der Waals surface area contributed by atoms with Crippen LogP contribution in [0, 0.1) is 0 Å². The average Bonchev–Trinajstić information content (AvgIpc) is 2.37. The Morgan fingerprint density at radius 3 is 2.89 bits per heavy atom. The number of hydrogen-bond donors (Lipinski definition) is 3. The van der Waals surface area contributed by atoms with Gasteiger partial charge in [0.1, 0.15) is 6.54 Å². The molecule has 3 N–H and O–H groups in total. The molecule has 8 heteroatoms. The molecular weight excluding hydrogens is 254 g/mol. The van der Waals surface area contributed by atoms with E-state index in [1.807, 2.05) is 0 Å². The monoisotopic (exact) mass is 271 g/mol. The van der Waals surface area contributed by atoms with E-state index in [2.05, 4.69) is 10.3 Å². The Kier molecular flexibility index (Phi) is 6.55. The van der Waals surface area contributed by atoms with Crippen molar-refractivity contribution in [1.82, 2.24) is 14.9 Å². The first kappa shape index (κ1) is 15.1. The average molecular weight is 271 g/mol. The molecule has 1 aromatic heterocycles. The summed E-state index contributed by atoms with van der Waals surface area (Å²) < 4.78 is 6.13. The van der Waals surface area contributed by atoms with E-state index in [-0.39, 0.29) is 25.7 Å². The Bertz CT molecular complexity index is 508. The molecule has 0 bridgehead atoms. The molecule has 0 spiro atoms. The largest absolute Gasteiger partial charge is 0.394 e. The lowest BCUT2D eigenvalue weighted by atomic mass is 10.4. The first-order valence-corrected chi connectivity index (χ1v) is 5.88. The molecule has 0 saturated heterocycles. The molecule has 8 nitrogen and oxygen atoms in total. The van der Waals surface area contributed by atoms with Crippen LogP contribution in [0.3, 0.4) is 0 Å². The first-order valence-electron chi connectivity index (χ1n) is 5.88. The number of aliphatic hydroxyl groups is 1. The van der Waals surface area contributed by atoms with Crippen LogP contribution in [-0.4, -0.2) is 46.9 Å². The molecule has 106 valence electrons. The minimum atomic E-state index is -0.617. The van der Waals surface area contributed by atoms with Gasteiger partial charge in [0.2, 0.25) is 5.91 Å². The highest BCUT2D eigenvalue weighted by molar-refractivity contribution is 5.75. The van der Waals surface area contributed by atoms with Gasteiger partial charge in [0.15, 0.2) is 0 Å². The second kappa shape index (κ2) is 8.22. The van der Waals surface area contributed by atoms with Gasteiger partial charge in [-0.1, -0.05) is 0 Å². The molecule has 1 heterocycles. The summed E-state index contributed by atoms with van der Waals surface area (Å²) in [7, 11) is 0. The summed E-state index contributed by atoms with van der Waals surface area (Å²) in [6.07, 6.45) is 1.89. The summed E-state index contributed by atoms with van der Waals surface area (Å²) in [5, 5.41) is 11.1. The summed E-state index contributed by atoms with van der Waals surface area (Å²) in [4.78, 5) is 35.7. The van der Waals surface area contributed by atoms with Crippen LogP contribution in [0.4, 0.5) is 0 Å². The molecular formula is C11H17N3O5. The number of aliphatic hydroxyl groups excluding tert-OH is 1. The summed E-state index contributed by atoms with van der Waals surface area (Å²) in [6.45, 7) is 0.969. The third kappa shape index (κ3) is 5.98. The van der Waals surface area contributed by atoms with Crippen LogP contribution in [-0.2, 0) is 16.1 Å². The quantitative estimate of drug-likeness (QED) is 0.476. The van der Waals surface area contributed by atoms with Gasteiger partial charge in [-0.25, -0.2) is 4.79 Å². The van der Waals surface area contributed by atoms with E-state index in [0.29, 0.717) is 19.6 Å². The fourth-order valence-electron chi connectivity index (χ4n) is 1.35. The number of carbonyl (C=O) groups is 1. The van der Waals surface area contributed by atoms with Crippen LogP contribution in [0.2, 0.25) is 0 Å². The highest BCUT2D eigenvalue weighted by Gasteiger charge is 2.03. The highest BCUT2D eigenvalue weighted by atomic mass is 16.5. The number of rotatable bonds is 8. The van der Waals surface area contributed by atoms with Gasteiger partial charge >= 0.3 is 5.69 Å². The van der Waals surface area contributed by atoms with Crippen LogP contribution in [0.25, 0.3) is 0 Å². The zero-order valence-corrected chi connectivity index (χ0v) is 10.4. The van der Waals surface area contributed by atoms with Gasteiger partial charge in [-0.2, -0.15) is 0 Å². The van der Waals surface area contributed by atoms with Crippen molar-refractivity contribution in [3.63, 3.8) is 0 Å². The molecule has 0 unspecified atom stereocenters. The Morgan fingerprint density at radius 1 is 1.42 bits per heavy atom. The Balaban J connectivity index is 2.27. The first-order chi connectivity index (χ1) is 9.13. The molecule has 0 aliphatic carbocycles. The summed E-state index contributed by atoms with van der Waals surface area (Å²) in [6, 6.07) is 1.18. The molecule has 0 aliphatic heterocycles. The van der Waals surface area contributed by atoms with Crippen molar-refractivity contribution in [2.45, 2.75) is 13.0 Å². The van der Waals surface area contributed by atoms with Crippen molar-refractivity contribution < 1.29 is 14.6 Å². The Labute approximate surface area is 109 Å². The predicted octanol–water partition coefficient (Wildman–Crippen LogP) is -1.95. The van der Waals surface area contributed by atoms with E-state index in [0.717, 1.165) is 4.57 Å². The second-order valence-corrected chi connectivity index (χ2v) is 3.78. The number of H-pyrrole nitrogens is 1. The van der Waals surface area contributed by atoms with Gasteiger partial charge in [-0.05, 0) is 6.42 Å². The van der Waals surface area contributed by atoms with Crippen molar-refractivity contribution in [1.29, 1.82) is 0 Å². The number of aromatic nitrogens is 2. The molecule has 0 fully saturated rings. The van der Waals surface area contributed by atoms with Gasteiger partial charge in [0.25, 0.3) is 5.56 Å². The smallest absolute Gasteiger partial charge is 0.328 e. The van der Waals surface area contributed by atoms with Crippen LogP contribution >= 0.6 is 0 Å². The summed E-state index contributed by atoms with van der Waals surface area (Å²) >= 11 is 0. The molecule has 0 aliphatic rings. The Hall–Kier alpha value is -1.93. The number of carbonyl (C=O) groups excluding carboxylic acids is 1. The molecule has 19 heavy (non-hydrogen) atoms. The minimum absolute atomic E-state index is 0.0263.